The minimum Gasteiger partial charge on any atom is -0.381 e. The number of hydrogen-bond donors (Lipinski definition) is 1. The lowest BCUT2D eigenvalue weighted by atomic mass is 9.93. The summed E-state index contributed by atoms with van der Waals surface area (Å²) in [5.41, 5.74) is 1.92. The number of carbonyl (C=O) groups is 1. The van der Waals surface area contributed by atoms with E-state index in [1.54, 1.807) is 6.07 Å². The van der Waals surface area contributed by atoms with Crippen LogP contribution in [0.15, 0.2) is 36.8 Å². The van der Waals surface area contributed by atoms with Gasteiger partial charge in [0.15, 0.2) is 0 Å². The molecule has 5 heterocycles. The molecule has 1 spiro atoms. The van der Waals surface area contributed by atoms with Gasteiger partial charge in [-0.2, -0.15) is 0 Å². The zero-order valence-electron chi connectivity index (χ0n) is 21.2. The quantitative estimate of drug-likeness (QED) is 0.512. The predicted molar refractivity (Wildman–Crippen MR) is 139 cm³/mol. The second kappa shape index (κ2) is 10.0. The van der Waals surface area contributed by atoms with Gasteiger partial charge < -0.3 is 15.0 Å². The second-order valence-corrected chi connectivity index (χ2v) is 10.7. The smallest absolute Gasteiger partial charge is 0.281 e. The van der Waals surface area contributed by atoms with Crippen LogP contribution in [0.2, 0.25) is 0 Å². The maximum Gasteiger partial charge on any atom is 0.281 e. The molecule has 7 nitrogen and oxygen atoms in total. The van der Waals surface area contributed by atoms with Gasteiger partial charge in [-0.25, -0.2) is 18.7 Å². The molecule has 1 saturated carbocycles. The number of halogens is 2. The monoisotopic (exact) mass is 517 g/mol. The van der Waals surface area contributed by atoms with E-state index in [4.69, 9.17) is 4.74 Å². The number of aromatic nitrogens is 3. The lowest BCUT2D eigenvalue weighted by Gasteiger charge is -2.21. The van der Waals surface area contributed by atoms with E-state index in [9.17, 15) is 13.6 Å². The number of carbonyl (C=O) groups excluding carboxylic acids is 1. The summed E-state index contributed by atoms with van der Waals surface area (Å²) in [7, 11) is 2.07. The second-order valence-electron chi connectivity index (χ2n) is 10.7. The molecule has 1 N–H and O–H groups in total. The van der Waals surface area contributed by atoms with Gasteiger partial charge in [-0.05, 0) is 74.2 Å². The first-order valence-electron chi connectivity index (χ1n) is 13.0. The van der Waals surface area contributed by atoms with Crippen molar-refractivity contribution < 1.29 is 18.3 Å². The zero-order valence-corrected chi connectivity index (χ0v) is 21.2. The molecular weight excluding hydrogens is 488 g/mol. The summed E-state index contributed by atoms with van der Waals surface area (Å²) >= 11 is 0. The first kappa shape index (κ1) is 24.8. The highest BCUT2D eigenvalue weighted by Crippen LogP contribution is 2.58. The summed E-state index contributed by atoms with van der Waals surface area (Å²) in [6.07, 6.45) is 5.62. The molecule has 0 radical (unpaired) electrons. The molecule has 1 amide bonds. The SMILES string of the molecule is CN1CC[C@@]2(C[C@H]2C(=O)Nc2cc3c(C#Cc4ccc(C5CCOCC5)cn4)cnc(C(F)F)c3cn2)C1. The largest absolute Gasteiger partial charge is 0.381 e. The minimum absolute atomic E-state index is 0.0477. The van der Waals surface area contributed by atoms with Crippen LogP contribution in [-0.4, -0.2) is 59.1 Å². The molecule has 2 aliphatic heterocycles. The number of fused-ring (bicyclic) bond motifs is 1. The van der Waals surface area contributed by atoms with E-state index in [2.05, 4.69) is 44.1 Å². The number of anilines is 1. The average molecular weight is 518 g/mol. The van der Waals surface area contributed by atoms with Crippen molar-refractivity contribution in [3.05, 3.63) is 59.3 Å². The van der Waals surface area contributed by atoms with E-state index in [0.717, 1.165) is 52.0 Å². The van der Waals surface area contributed by atoms with Crippen LogP contribution < -0.4 is 5.32 Å². The standard InChI is InChI=1S/C29H29F2N5O2/c1-36-9-8-29(17-36)13-24(29)28(37)35-25-12-22-20(15-34-26(27(30)31)23(22)16-33-25)3-5-21-4-2-19(14-32-21)18-6-10-38-11-7-18/h2,4,12,14-16,18,24,27H,6-11,13,17H2,1H3,(H,33,35,37)/t24-,29+/m0/s1. The van der Waals surface area contributed by atoms with Gasteiger partial charge in [0, 0.05) is 55.0 Å². The van der Waals surface area contributed by atoms with Crippen molar-refractivity contribution in [3.8, 4) is 11.8 Å². The van der Waals surface area contributed by atoms with Crippen molar-refractivity contribution in [2.75, 3.05) is 38.7 Å². The van der Waals surface area contributed by atoms with E-state index < -0.39 is 6.43 Å². The molecule has 3 aromatic rings. The molecule has 3 fully saturated rings. The van der Waals surface area contributed by atoms with Crippen molar-refractivity contribution in [2.45, 2.75) is 38.0 Å². The molecule has 1 aliphatic carbocycles. The van der Waals surface area contributed by atoms with Crippen LogP contribution in [0.25, 0.3) is 10.8 Å². The summed E-state index contributed by atoms with van der Waals surface area (Å²) in [6, 6.07) is 5.52. The van der Waals surface area contributed by atoms with E-state index in [0.29, 0.717) is 28.4 Å². The normalized spacial score (nSPS) is 23.5. The number of likely N-dealkylation sites (tertiary alicyclic amines) is 1. The number of amides is 1. The molecule has 2 saturated heterocycles. The third-order valence-electron chi connectivity index (χ3n) is 8.15. The first-order chi connectivity index (χ1) is 18.4. The Morgan fingerprint density at radius 2 is 1.97 bits per heavy atom. The number of nitrogens with one attached hydrogen (secondary N) is 1. The number of rotatable bonds is 4. The molecule has 38 heavy (non-hydrogen) atoms. The Bertz CT molecular complexity index is 1430. The molecule has 2 atom stereocenters. The Balaban J connectivity index is 1.25. The number of hydrogen-bond acceptors (Lipinski definition) is 6. The van der Waals surface area contributed by atoms with Crippen LogP contribution in [0, 0.1) is 23.2 Å². The topological polar surface area (TPSA) is 80.2 Å². The fourth-order valence-electron chi connectivity index (χ4n) is 5.87. The van der Waals surface area contributed by atoms with Gasteiger partial charge >= 0.3 is 0 Å². The highest BCUT2D eigenvalue weighted by molar-refractivity contribution is 5.97. The van der Waals surface area contributed by atoms with Gasteiger partial charge in [-0.3, -0.25) is 9.78 Å². The van der Waals surface area contributed by atoms with Crippen LogP contribution in [0.4, 0.5) is 14.6 Å². The van der Waals surface area contributed by atoms with E-state index >= 15 is 0 Å². The summed E-state index contributed by atoms with van der Waals surface area (Å²) in [5, 5.41) is 3.59. The van der Waals surface area contributed by atoms with Crippen molar-refractivity contribution in [1.82, 2.24) is 19.9 Å². The third kappa shape index (κ3) is 4.86. The fraction of sp³-hybridized carbons (Fsp3) is 0.448. The van der Waals surface area contributed by atoms with Crippen LogP contribution in [0.5, 0.6) is 0 Å². The van der Waals surface area contributed by atoms with Crippen LogP contribution in [0.3, 0.4) is 0 Å². The van der Waals surface area contributed by atoms with Crippen molar-refractivity contribution in [1.29, 1.82) is 0 Å². The molecule has 0 unspecified atom stereocenters. The number of ether oxygens (including phenoxy) is 1. The molecule has 9 heteroatoms. The Morgan fingerprint density at radius 3 is 2.68 bits per heavy atom. The Hall–Kier alpha value is -3.48. The summed E-state index contributed by atoms with van der Waals surface area (Å²) in [4.78, 5) is 27.9. The van der Waals surface area contributed by atoms with Crippen molar-refractivity contribution in [2.24, 2.45) is 11.3 Å². The van der Waals surface area contributed by atoms with Gasteiger partial charge in [0.05, 0.1) is 5.56 Å². The van der Waals surface area contributed by atoms with Gasteiger partial charge in [0.1, 0.15) is 17.2 Å². The van der Waals surface area contributed by atoms with Crippen molar-refractivity contribution >= 4 is 22.5 Å². The Labute approximate surface area is 220 Å². The molecule has 3 aromatic heterocycles. The van der Waals surface area contributed by atoms with Gasteiger partial charge in [-0.1, -0.05) is 12.0 Å². The molecule has 0 bridgehead atoms. The Kier molecular flexibility index (Phi) is 6.54. The minimum atomic E-state index is -2.76. The van der Waals surface area contributed by atoms with E-state index in [1.807, 2.05) is 18.3 Å². The summed E-state index contributed by atoms with van der Waals surface area (Å²) in [6.45, 7) is 3.44. The molecule has 196 valence electrons. The lowest BCUT2D eigenvalue weighted by molar-refractivity contribution is -0.118. The number of alkyl halides is 2. The molecule has 6 rings (SSSR count). The molecule has 3 aliphatic rings. The third-order valence-corrected chi connectivity index (χ3v) is 8.15. The Morgan fingerprint density at radius 1 is 1.13 bits per heavy atom. The van der Waals surface area contributed by atoms with Crippen molar-refractivity contribution in [3.63, 3.8) is 0 Å². The number of nitrogens with zero attached hydrogens (tertiary/aromatic N) is 4. The zero-order chi connectivity index (χ0) is 26.3. The average Bonchev–Trinajstić information content (AvgIpc) is 3.52. The molecular formula is C29H29F2N5O2. The maximum absolute atomic E-state index is 13.7. The highest BCUT2D eigenvalue weighted by atomic mass is 19.3. The highest BCUT2D eigenvalue weighted by Gasteiger charge is 2.60. The van der Waals surface area contributed by atoms with Gasteiger partial charge in [0.2, 0.25) is 5.91 Å². The van der Waals surface area contributed by atoms with Crippen LogP contribution in [0.1, 0.15) is 60.5 Å². The predicted octanol–water partition coefficient (Wildman–Crippen LogP) is 4.54. The molecule has 0 aromatic carbocycles. The fourth-order valence-corrected chi connectivity index (χ4v) is 5.87. The van der Waals surface area contributed by atoms with Gasteiger partial charge in [0.25, 0.3) is 6.43 Å². The number of pyridine rings is 3. The van der Waals surface area contributed by atoms with Crippen LogP contribution in [-0.2, 0) is 9.53 Å². The first-order valence-corrected chi connectivity index (χ1v) is 13.0. The van der Waals surface area contributed by atoms with E-state index in [-0.39, 0.29) is 28.3 Å². The maximum atomic E-state index is 13.7. The van der Waals surface area contributed by atoms with Gasteiger partial charge in [-0.15, -0.1) is 0 Å². The summed E-state index contributed by atoms with van der Waals surface area (Å²) in [5.74, 6) is 6.72. The van der Waals surface area contributed by atoms with Crippen LogP contribution >= 0.6 is 0 Å². The summed E-state index contributed by atoms with van der Waals surface area (Å²) < 4.78 is 32.8. The lowest BCUT2D eigenvalue weighted by Crippen LogP contribution is -2.21. The van der Waals surface area contributed by atoms with E-state index in [1.165, 1.54) is 18.0 Å².